The van der Waals surface area contributed by atoms with E-state index in [1.54, 1.807) is 21.6 Å². The zero-order valence-corrected chi connectivity index (χ0v) is 15.8. The first-order valence-corrected chi connectivity index (χ1v) is 9.30. The molecule has 7 amide bonds. The molecule has 1 aliphatic heterocycles. The summed E-state index contributed by atoms with van der Waals surface area (Å²) in [5.74, 6) is -2.66. The summed E-state index contributed by atoms with van der Waals surface area (Å²) < 4.78 is 24.8. The minimum atomic E-state index is -4.70. The van der Waals surface area contributed by atoms with E-state index >= 15 is 0 Å². The lowest BCUT2D eigenvalue weighted by Gasteiger charge is -2.35. The van der Waals surface area contributed by atoms with Gasteiger partial charge in [0.05, 0.1) is 6.54 Å². The third-order valence-electron chi connectivity index (χ3n) is 3.42. The zero-order valence-electron chi connectivity index (χ0n) is 15.0. The van der Waals surface area contributed by atoms with E-state index in [0.29, 0.717) is 4.90 Å². The van der Waals surface area contributed by atoms with Crippen molar-refractivity contribution in [1.29, 1.82) is 0 Å². The molecule has 1 fully saturated rings. The highest BCUT2D eigenvalue weighted by Crippen LogP contribution is 2.10. The van der Waals surface area contributed by atoms with Crippen LogP contribution < -0.4 is 36.6 Å². The van der Waals surface area contributed by atoms with E-state index in [2.05, 4.69) is 4.98 Å². The van der Waals surface area contributed by atoms with Crippen LogP contribution in [0.1, 0.15) is 10.5 Å². The topological polar surface area (TPSA) is 268 Å². The first kappa shape index (κ1) is 22.9. The number of carbonyl (C=O) groups excluding carboxylic acids is 4. The smallest absolute Gasteiger partial charge is 0.405 e. The van der Waals surface area contributed by atoms with Gasteiger partial charge in [-0.2, -0.15) is 8.42 Å². The Bertz CT molecular complexity index is 1100. The van der Waals surface area contributed by atoms with Gasteiger partial charge in [0.1, 0.15) is 11.7 Å². The standard InChI is InChI=1S/C12H14N8O10S/c21-6-1-4(13-2-7(6)22)8(23)15-16-10(25)17-19-31(29,30)18-11(26)20-3-5(9(20)24)14-12(27)28/h1-2,5,14,19,22H,3H2,(H,13,21)(H,15,23)(H,18,26)(H,27,28)(H2,16,17,25)/t5-/m0/s1. The Morgan fingerprint density at radius 1 is 1.13 bits per heavy atom. The fourth-order valence-electron chi connectivity index (χ4n) is 1.98. The van der Waals surface area contributed by atoms with Gasteiger partial charge in [-0.05, 0) is 0 Å². The van der Waals surface area contributed by atoms with Gasteiger partial charge in [0.15, 0.2) is 5.75 Å². The van der Waals surface area contributed by atoms with Crippen LogP contribution in [0.4, 0.5) is 14.4 Å². The fraction of sp³-hybridized carbons (Fsp3) is 0.167. The second-order valence-corrected chi connectivity index (χ2v) is 7.01. The summed E-state index contributed by atoms with van der Waals surface area (Å²) in [6, 6.07) is -3.20. The van der Waals surface area contributed by atoms with E-state index in [4.69, 9.17) is 10.2 Å². The molecule has 31 heavy (non-hydrogen) atoms. The number of rotatable bonds is 5. The first-order valence-electron chi connectivity index (χ1n) is 7.82. The molecule has 0 unspecified atom stereocenters. The van der Waals surface area contributed by atoms with Gasteiger partial charge in [0.25, 0.3) is 11.8 Å². The van der Waals surface area contributed by atoms with Crippen molar-refractivity contribution in [2.45, 2.75) is 6.04 Å². The molecule has 0 bridgehead atoms. The third-order valence-corrected chi connectivity index (χ3v) is 4.23. The molecule has 2 heterocycles. The lowest BCUT2D eigenvalue weighted by molar-refractivity contribution is -0.138. The van der Waals surface area contributed by atoms with Crippen molar-refractivity contribution in [3.63, 3.8) is 0 Å². The van der Waals surface area contributed by atoms with E-state index in [9.17, 15) is 37.2 Å². The molecule has 18 nitrogen and oxygen atoms in total. The van der Waals surface area contributed by atoms with E-state index in [1.165, 1.54) is 9.55 Å². The quantitative estimate of drug-likeness (QED) is 0.151. The second kappa shape index (κ2) is 8.96. The molecule has 0 aliphatic carbocycles. The number of hydrogen-bond acceptors (Lipinski definition) is 9. The molecule has 0 saturated carbocycles. The molecule has 1 saturated heterocycles. The molecule has 168 valence electrons. The molecule has 1 aliphatic rings. The average molecular weight is 462 g/mol. The average Bonchev–Trinajstić information content (AvgIpc) is 2.68. The van der Waals surface area contributed by atoms with Crippen molar-refractivity contribution in [1.82, 2.24) is 41.0 Å². The van der Waals surface area contributed by atoms with Gasteiger partial charge in [-0.25, -0.2) is 24.5 Å². The molecule has 1 aromatic heterocycles. The molecule has 1 atom stereocenters. The summed E-state index contributed by atoms with van der Waals surface area (Å²) >= 11 is 0. The molecule has 0 aromatic carbocycles. The minimum absolute atomic E-state index is 0.342. The maximum absolute atomic E-state index is 11.7. The summed E-state index contributed by atoms with van der Waals surface area (Å²) in [5.41, 5.74) is 3.86. The van der Waals surface area contributed by atoms with E-state index in [0.717, 1.165) is 12.3 Å². The Kier molecular flexibility index (Phi) is 6.62. The minimum Gasteiger partial charge on any atom is -0.503 e. The van der Waals surface area contributed by atoms with Crippen LogP contribution in [0.25, 0.3) is 0 Å². The van der Waals surface area contributed by atoms with Crippen molar-refractivity contribution < 1.29 is 42.6 Å². The molecule has 0 radical (unpaired) electrons. The SMILES string of the molecule is O=C(O)N[C@H]1CN(C(=O)NS(=O)(=O)NNC(=O)NNC(=O)c2cc(=O)c(O)c[nH]2)C1=O. The monoisotopic (exact) mass is 462 g/mol. The molecule has 2 rings (SSSR count). The van der Waals surface area contributed by atoms with Crippen molar-refractivity contribution in [3.8, 4) is 5.75 Å². The number of likely N-dealkylation sites (tertiary alicyclic amines) is 1. The number of aromatic amines is 1. The predicted molar refractivity (Wildman–Crippen MR) is 95.1 cm³/mol. The summed E-state index contributed by atoms with van der Waals surface area (Å²) in [4.78, 5) is 72.2. The number of carboxylic acid groups (broad SMARTS) is 1. The lowest BCUT2D eigenvalue weighted by Crippen LogP contribution is -2.68. The van der Waals surface area contributed by atoms with Crippen molar-refractivity contribution in [2.24, 2.45) is 0 Å². The highest BCUT2D eigenvalue weighted by Gasteiger charge is 2.42. The molecule has 19 heteroatoms. The summed E-state index contributed by atoms with van der Waals surface area (Å²) in [6.45, 7) is -0.411. The Hall–Kier alpha value is -4.39. The van der Waals surface area contributed by atoms with Gasteiger partial charge in [-0.1, -0.05) is 0 Å². The van der Waals surface area contributed by atoms with Crippen LogP contribution in [0.3, 0.4) is 0 Å². The number of H-pyrrole nitrogens is 1. The fourth-order valence-corrected chi connectivity index (χ4v) is 2.60. The maximum atomic E-state index is 11.7. The van der Waals surface area contributed by atoms with Gasteiger partial charge in [-0.3, -0.25) is 30.1 Å². The van der Waals surface area contributed by atoms with Crippen molar-refractivity contribution in [2.75, 3.05) is 6.54 Å². The van der Waals surface area contributed by atoms with Crippen LogP contribution in [-0.2, 0) is 15.0 Å². The normalized spacial score (nSPS) is 15.3. The van der Waals surface area contributed by atoms with Gasteiger partial charge < -0.3 is 20.5 Å². The van der Waals surface area contributed by atoms with Gasteiger partial charge in [0, 0.05) is 12.3 Å². The Morgan fingerprint density at radius 2 is 1.81 bits per heavy atom. The largest absolute Gasteiger partial charge is 0.503 e. The first-order chi connectivity index (χ1) is 14.4. The van der Waals surface area contributed by atoms with Crippen LogP contribution in [0, 0.1) is 0 Å². The zero-order chi connectivity index (χ0) is 23.3. The Labute approximate surface area is 171 Å². The molecular formula is C12H14N8O10S. The van der Waals surface area contributed by atoms with Crippen molar-refractivity contribution >= 4 is 40.2 Å². The number of carbonyl (C=O) groups is 5. The number of amides is 7. The molecular weight excluding hydrogens is 448 g/mol. The summed E-state index contributed by atoms with van der Waals surface area (Å²) in [7, 11) is -4.70. The number of β-lactam (4-membered cyclic amide) rings is 1. The van der Waals surface area contributed by atoms with Gasteiger partial charge >= 0.3 is 28.4 Å². The molecule has 0 spiro atoms. The number of aromatic hydroxyl groups is 1. The number of imide groups is 1. The van der Waals surface area contributed by atoms with Crippen LogP contribution >= 0.6 is 0 Å². The van der Waals surface area contributed by atoms with Crippen LogP contribution in [0.2, 0.25) is 0 Å². The number of pyridine rings is 1. The number of aromatic nitrogens is 1. The van der Waals surface area contributed by atoms with Crippen LogP contribution in [0.15, 0.2) is 17.1 Å². The Morgan fingerprint density at radius 3 is 2.39 bits per heavy atom. The van der Waals surface area contributed by atoms with E-state index in [-0.39, 0.29) is 5.69 Å². The van der Waals surface area contributed by atoms with Crippen molar-refractivity contribution in [3.05, 3.63) is 28.2 Å². The second-order valence-electron chi connectivity index (χ2n) is 5.59. The van der Waals surface area contributed by atoms with Gasteiger partial charge in [0.2, 0.25) is 5.43 Å². The predicted octanol–water partition coefficient (Wildman–Crippen LogP) is -4.04. The summed E-state index contributed by atoms with van der Waals surface area (Å²) in [5, 5.41) is 19.4. The van der Waals surface area contributed by atoms with E-state index < -0.39 is 63.9 Å². The number of hydrazine groups is 2. The number of hydrogen-bond donors (Lipinski definition) is 9. The maximum Gasteiger partial charge on any atom is 0.405 e. The summed E-state index contributed by atoms with van der Waals surface area (Å²) in [6.07, 6.45) is -0.677. The van der Waals surface area contributed by atoms with Crippen LogP contribution in [-0.4, -0.2) is 71.1 Å². The number of nitrogens with zero attached hydrogens (tertiary/aromatic N) is 1. The Balaban J connectivity index is 1.77. The van der Waals surface area contributed by atoms with E-state index in [1.807, 2.05) is 0 Å². The number of nitrogens with one attached hydrogen (secondary N) is 7. The number of urea groups is 2. The highest BCUT2D eigenvalue weighted by molar-refractivity contribution is 7.88. The van der Waals surface area contributed by atoms with Gasteiger partial charge in [-0.15, -0.1) is 4.83 Å². The molecule has 9 N–H and O–H groups in total. The third kappa shape index (κ3) is 6.04. The van der Waals surface area contributed by atoms with Crippen LogP contribution in [0.5, 0.6) is 5.75 Å². The molecule has 1 aromatic rings. The highest BCUT2D eigenvalue weighted by atomic mass is 32.2. The lowest BCUT2D eigenvalue weighted by atomic mass is 10.1.